The Balaban J connectivity index is 0. The number of hydrogen-bond acceptors (Lipinski definition) is 4. The van der Waals surface area contributed by atoms with Crippen molar-refractivity contribution in [3.8, 4) is 0 Å². The highest BCUT2D eigenvalue weighted by Gasteiger charge is 2.19. The standard InChI is InChI=1S/C23H50NO.H2O3S/c1-4-6-8-10-12-14-16-18-20-24(3,22-23-25)21-19-17-15-13-11-9-7-5-2;1-4(2)3/h25H,4-23H2,1-3H3;(H2,1,2,3)/q+1;/p-2. The first-order valence-electron chi connectivity index (χ1n) is 12.1. The van der Waals surface area contributed by atoms with Crippen LogP contribution in [0, 0.1) is 0 Å². The Morgan fingerprint density at radius 2 is 0.897 bits per heavy atom. The molecule has 1 N–H and O–H groups in total. The van der Waals surface area contributed by atoms with Crippen molar-refractivity contribution in [1.82, 2.24) is 0 Å². The molecule has 0 spiro atoms. The zero-order valence-corrected chi connectivity index (χ0v) is 20.5. The number of nitrogens with zero attached hydrogens (tertiary/aromatic N) is 1. The lowest BCUT2D eigenvalue weighted by Crippen LogP contribution is -2.47. The minimum atomic E-state index is -3.11. The molecular weight excluding hydrogens is 386 g/mol. The van der Waals surface area contributed by atoms with Crippen LogP contribution in [0.2, 0.25) is 0 Å². The summed E-state index contributed by atoms with van der Waals surface area (Å²) in [6.45, 7) is 8.36. The molecule has 0 heterocycles. The molecule has 0 atom stereocenters. The van der Waals surface area contributed by atoms with Gasteiger partial charge in [0.05, 0.1) is 26.7 Å². The Bertz CT molecular complexity index is 319. The van der Waals surface area contributed by atoms with Crippen molar-refractivity contribution >= 4 is 11.4 Å². The maximum atomic E-state index is 9.43. The molecule has 6 heteroatoms. The summed E-state index contributed by atoms with van der Waals surface area (Å²) < 4.78 is 26.4. The smallest absolute Gasteiger partial charge is 0.102 e. The van der Waals surface area contributed by atoms with Gasteiger partial charge in [0, 0.05) is 0 Å². The quantitative estimate of drug-likeness (QED) is 0.151. The van der Waals surface area contributed by atoms with Crippen molar-refractivity contribution < 1.29 is 22.9 Å². The van der Waals surface area contributed by atoms with Gasteiger partial charge in [0.2, 0.25) is 0 Å². The SMILES string of the molecule is CCCCCCCCCC[N+](C)(CCO)CCCCCCCCCC.O=S([O-])[O-]. The van der Waals surface area contributed by atoms with Crippen LogP contribution in [0.15, 0.2) is 0 Å². The third-order valence-electron chi connectivity index (χ3n) is 5.74. The molecule has 0 saturated carbocycles. The molecule has 0 aromatic rings. The first-order chi connectivity index (χ1) is 13.9. The van der Waals surface area contributed by atoms with Crippen molar-refractivity contribution in [2.24, 2.45) is 0 Å². The number of aliphatic hydroxyl groups excluding tert-OH is 1. The normalized spacial score (nSPS) is 11.6. The zero-order chi connectivity index (χ0) is 22.2. The number of likely N-dealkylation sites (N-methyl/N-ethyl adjacent to an activating group) is 1. The van der Waals surface area contributed by atoms with Gasteiger partial charge in [0.15, 0.2) is 0 Å². The summed E-state index contributed by atoms with van der Waals surface area (Å²) in [6, 6.07) is 0. The molecule has 0 unspecified atom stereocenters. The summed E-state index contributed by atoms with van der Waals surface area (Å²) in [5, 5.41) is 9.43. The van der Waals surface area contributed by atoms with E-state index in [2.05, 4.69) is 20.9 Å². The lowest BCUT2D eigenvalue weighted by Gasteiger charge is -2.34. The van der Waals surface area contributed by atoms with Gasteiger partial charge in [-0.3, -0.25) is 4.21 Å². The van der Waals surface area contributed by atoms with E-state index in [-0.39, 0.29) is 0 Å². The van der Waals surface area contributed by atoms with Crippen LogP contribution in [0.25, 0.3) is 0 Å². The molecule has 178 valence electrons. The Morgan fingerprint density at radius 3 is 1.17 bits per heavy atom. The lowest BCUT2D eigenvalue weighted by molar-refractivity contribution is -0.910. The van der Waals surface area contributed by atoms with Crippen LogP contribution in [0.1, 0.15) is 117 Å². The van der Waals surface area contributed by atoms with Crippen molar-refractivity contribution in [2.45, 2.75) is 117 Å². The van der Waals surface area contributed by atoms with Gasteiger partial charge in [-0.1, -0.05) is 90.9 Å². The summed E-state index contributed by atoms with van der Waals surface area (Å²) in [7, 11) is 2.36. The van der Waals surface area contributed by atoms with E-state index in [1.165, 1.54) is 116 Å². The fraction of sp³-hybridized carbons (Fsp3) is 1.00. The number of quaternary nitrogens is 1. The van der Waals surface area contributed by atoms with Gasteiger partial charge in [-0.25, -0.2) is 0 Å². The Labute approximate surface area is 184 Å². The number of rotatable bonds is 20. The first-order valence-corrected chi connectivity index (χ1v) is 13.1. The molecule has 0 aliphatic carbocycles. The van der Waals surface area contributed by atoms with Gasteiger partial charge in [-0.2, -0.15) is 0 Å². The molecule has 0 radical (unpaired) electrons. The van der Waals surface area contributed by atoms with E-state index < -0.39 is 11.4 Å². The summed E-state index contributed by atoms with van der Waals surface area (Å²) >= 11 is -3.11. The first kappa shape index (κ1) is 31.2. The molecule has 0 rings (SSSR count). The molecule has 5 nitrogen and oxygen atoms in total. The van der Waals surface area contributed by atoms with E-state index >= 15 is 0 Å². The second-order valence-corrected chi connectivity index (χ2v) is 9.08. The maximum Gasteiger partial charge on any atom is 0.102 e. The number of hydrogen-bond donors (Lipinski definition) is 1. The Kier molecular flexibility index (Phi) is 26.1. The topological polar surface area (TPSA) is 83.4 Å². The molecule has 29 heavy (non-hydrogen) atoms. The fourth-order valence-corrected chi connectivity index (χ4v) is 3.83. The van der Waals surface area contributed by atoms with E-state index in [1.807, 2.05) is 0 Å². The van der Waals surface area contributed by atoms with Crippen LogP contribution in [0.4, 0.5) is 0 Å². The Morgan fingerprint density at radius 1 is 0.621 bits per heavy atom. The maximum absolute atomic E-state index is 9.43. The van der Waals surface area contributed by atoms with Crippen LogP contribution in [-0.4, -0.2) is 56.2 Å². The van der Waals surface area contributed by atoms with Gasteiger partial charge in [0.1, 0.15) is 6.54 Å². The summed E-state index contributed by atoms with van der Waals surface area (Å²) in [4.78, 5) is 0. The average molecular weight is 437 g/mol. The van der Waals surface area contributed by atoms with E-state index in [0.717, 1.165) is 11.0 Å². The van der Waals surface area contributed by atoms with Crippen molar-refractivity contribution in [3.05, 3.63) is 0 Å². The monoisotopic (exact) mass is 436 g/mol. The van der Waals surface area contributed by atoms with E-state index in [4.69, 9.17) is 13.3 Å². The Hall–Kier alpha value is -0.0100. The lowest BCUT2D eigenvalue weighted by atomic mass is 10.1. The van der Waals surface area contributed by atoms with Crippen LogP contribution >= 0.6 is 0 Å². The minimum absolute atomic E-state index is 0.338. The van der Waals surface area contributed by atoms with Gasteiger partial charge >= 0.3 is 0 Å². The molecule has 0 aromatic heterocycles. The highest BCUT2D eigenvalue weighted by Crippen LogP contribution is 2.14. The van der Waals surface area contributed by atoms with Crippen molar-refractivity contribution in [1.29, 1.82) is 0 Å². The van der Waals surface area contributed by atoms with Gasteiger partial charge in [-0.15, -0.1) is 11.4 Å². The third kappa shape index (κ3) is 28.0. The molecule has 0 fully saturated rings. The van der Waals surface area contributed by atoms with E-state index in [9.17, 15) is 5.11 Å². The average Bonchev–Trinajstić information content (AvgIpc) is 2.66. The molecule has 0 aliphatic rings. The van der Waals surface area contributed by atoms with Crippen LogP contribution < -0.4 is 0 Å². The predicted molar refractivity (Wildman–Crippen MR) is 123 cm³/mol. The van der Waals surface area contributed by atoms with E-state index in [1.54, 1.807) is 0 Å². The highest BCUT2D eigenvalue weighted by molar-refractivity contribution is 7.72. The van der Waals surface area contributed by atoms with Crippen molar-refractivity contribution in [3.63, 3.8) is 0 Å². The predicted octanol–water partition coefficient (Wildman–Crippen LogP) is 5.70. The molecule has 0 aromatic carbocycles. The van der Waals surface area contributed by atoms with E-state index in [0.29, 0.717) is 6.61 Å². The number of unbranched alkanes of at least 4 members (excludes halogenated alkanes) is 14. The van der Waals surface area contributed by atoms with Crippen LogP contribution in [0.3, 0.4) is 0 Å². The van der Waals surface area contributed by atoms with Gasteiger partial charge in [0.25, 0.3) is 0 Å². The number of aliphatic hydroxyl groups is 1. The second kappa shape index (κ2) is 24.3. The minimum Gasteiger partial charge on any atom is -0.784 e. The van der Waals surface area contributed by atoms with Crippen molar-refractivity contribution in [2.75, 3.05) is 33.3 Å². The molecule has 0 amide bonds. The molecule has 0 aliphatic heterocycles. The highest BCUT2D eigenvalue weighted by atomic mass is 32.2. The summed E-state index contributed by atoms with van der Waals surface area (Å²) in [6.07, 6.45) is 22.3. The second-order valence-electron chi connectivity index (χ2n) is 8.67. The van der Waals surface area contributed by atoms with Crippen LogP contribution in [0.5, 0.6) is 0 Å². The van der Waals surface area contributed by atoms with Gasteiger partial charge in [-0.05, 0) is 25.7 Å². The zero-order valence-electron chi connectivity index (χ0n) is 19.7. The van der Waals surface area contributed by atoms with Gasteiger partial charge < -0.3 is 18.7 Å². The van der Waals surface area contributed by atoms with Crippen LogP contribution in [-0.2, 0) is 11.4 Å². The third-order valence-corrected chi connectivity index (χ3v) is 5.74. The molecular formula is C23H50NO4S-. The molecule has 0 bridgehead atoms. The summed E-state index contributed by atoms with van der Waals surface area (Å²) in [5.41, 5.74) is 0. The largest absolute Gasteiger partial charge is 0.784 e. The molecule has 0 saturated heterocycles. The fourth-order valence-electron chi connectivity index (χ4n) is 3.83. The summed E-state index contributed by atoms with van der Waals surface area (Å²) in [5.74, 6) is 0.